The van der Waals surface area contributed by atoms with Crippen LogP contribution in [0.25, 0.3) is 10.2 Å². The third kappa shape index (κ3) is 3.73. The fourth-order valence-electron chi connectivity index (χ4n) is 3.35. The van der Waals surface area contributed by atoms with E-state index in [9.17, 15) is 4.79 Å². The minimum absolute atomic E-state index is 0.0807. The first-order valence-electron chi connectivity index (χ1n) is 9.44. The van der Waals surface area contributed by atoms with E-state index in [1.165, 1.54) is 11.1 Å². The Kier molecular flexibility index (Phi) is 4.82. The predicted octanol–water partition coefficient (Wildman–Crippen LogP) is 6.30. The molecule has 0 aliphatic carbocycles. The maximum absolute atomic E-state index is 13.0. The van der Waals surface area contributed by atoms with Gasteiger partial charge in [0.2, 0.25) is 0 Å². The van der Waals surface area contributed by atoms with Gasteiger partial charge in [0.05, 0.1) is 10.2 Å². The molecule has 4 heteroatoms. The quantitative estimate of drug-likeness (QED) is 0.437. The molecule has 2 aromatic carbocycles. The number of nitrogens with zero attached hydrogens (tertiary/aromatic N) is 1. The molecule has 4 rings (SSSR count). The van der Waals surface area contributed by atoms with Gasteiger partial charge >= 0.3 is 0 Å². The maximum atomic E-state index is 13.0. The van der Waals surface area contributed by atoms with Crippen molar-refractivity contribution in [3.63, 3.8) is 0 Å². The average Bonchev–Trinajstić information content (AvgIpc) is 3.25. The normalized spacial score (nSPS) is 11.7. The molecule has 0 unspecified atom stereocenters. The molecule has 2 aromatic heterocycles. The second-order valence-electron chi connectivity index (χ2n) is 8.05. The third-order valence-corrected chi connectivity index (χ3v) is 5.80. The number of carbonyl (C=O) groups is 1. The molecule has 0 aliphatic heterocycles. The number of benzene rings is 2. The second kappa shape index (κ2) is 7.28. The zero-order valence-electron chi connectivity index (χ0n) is 16.4. The summed E-state index contributed by atoms with van der Waals surface area (Å²) in [6, 6.07) is 22.4. The van der Waals surface area contributed by atoms with Gasteiger partial charge in [0, 0.05) is 12.2 Å². The van der Waals surface area contributed by atoms with Crippen LogP contribution in [-0.2, 0) is 12.0 Å². The van der Waals surface area contributed by atoms with Crippen molar-refractivity contribution < 1.29 is 4.79 Å². The first-order valence-corrected chi connectivity index (χ1v) is 10.3. The molecular formula is C24H24N2OS. The molecule has 0 saturated carbocycles. The van der Waals surface area contributed by atoms with E-state index in [4.69, 9.17) is 0 Å². The van der Waals surface area contributed by atoms with Gasteiger partial charge in [-0.2, -0.15) is 0 Å². The van der Waals surface area contributed by atoms with Crippen molar-refractivity contribution in [3.8, 4) is 0 Å². The van der Waals surface area contributed by atoms with E-state index in [1.807, 2.05) is 36.4 Å². The summed E-state index contributed by atoms with van der Waals surface area (Å²) in [5.41, 5.74) is 5.12. The Hall–Kier alpha value is -2.85. The van der Waals surface area contributed by atoms with Crippen LogP contribution >= 0.6 is 11.3 Å². The minimum Gasteiger partial charge on any atom is -0.331 e. The van der Waals surface area contributed by atoms with E-state index in [1.54, 1.807) is 11.3 Å². The zero-order valence-corrected chi connectivity index (χ0v) is 17.2. The number of hydrogen-bond donors (Lipinski definition) is 1. The van der Waals surface area contributed by atoms with Crippen molar-refractivity contribution in [2.45, 2.75) is 32.7 Å². The highest BCUT2D eigenvalue weighted by atomic mass is 32.1. The van der Waals surface area contributed by atoms with Gasteiger partial charge in [-0.05, 0) is 46.2 Å². The first kappa shape index (κ1) is 18.5. The van der Waals surface area contributed by atoms with Gasteiger partial charge in [-0.25, -0.2) is 0 Å². The van der Waals surface area contributed by atoms with Crippen LogP contribution < -0.4 is 5.32 Å². The number of nitrogens with one attached hydrogen (secondary N) is 1. The summed E-state index contributed by atoms with van der Waals surface area (Å²) < 4.78 is 3.23. The number of thiophene rings is 1. The zero-order chi connectivity index (χ0) is 19.7. The van der Waals surface area contributed by atoms with Crippen LogP contribution in [0.4, 0.5) is 5.69 Å². The molecule has 1 amide bonds. The maximum Gasteiger partial charge on any atom is 0.272 e. The van der Waals surface area contributed by atoms with Gasteiger partial charge in [-0.15, -0.1) is 11.3 Å². The number of rotatable bonds is 4. The SMILES string of the molecule is CC(C)(C)c1ccc(NC(=O)c2cc3sccc3n2Cc2ccccc2)cc1. The standard InChI is InChI=1S/C24H24N2OS/c1-24(2,3)18-9-11-19(12-10-18)25-23(27)21-15-22-20(13-14-28-22)26(21)16-17-7-5-4-6-8-17/h4-15H,16H2,1-3H3,(H,25,27). The smallest absolute Gasteiger partial charge is 0.272 e. The van der Waals surface area contributed by atoms with E-state index >= 15 is 0 Å². The Labute approximate surface area is 169 Å². The molecule has 0 bridgehead atoms. The molecule has 2 heterocycles. The summed E-state index contributed by atoms with van der Waals surface area (Å²) in [6.45, 7) is 7.23. The summed E-state index contributed by atoms with van der Waals surface area (Å²) in [4.78, 5) is 13.0. The van der Waals surface area contributed by atoms with Crippen molar-refractivity contribution in [3.05, 3.63) is 88.9 Å². The highest BCUT2D eigenvalue weighted by molar-refractivity contribution is 7.17. The lowest BCUT2D eigenvalue weighted by Crippen LogP contribution is -2.18. The topological polar surface area (TPSA) is 34.0 Å². The van der Waals surface area contributed by atoms with E-state index in [2.05, 4.69) is 66.4 Å². The fraction of sp³-hybridized carbons (Fsp3) is 0.208. The number of carbonyl (C=O) groups excluding carboxylic acids is 1. The van der Waals surface area contributed by atoms with Gasteiger partial charge < -0.3 is 9.88 Å². The highest BCUT2D eigenvalue weighted by Crippen LogP contribution is 2.28. The number of amides is 1. The Balaban J connectivity index is 1.62. The number of aromatic nitrogens is 1. The largest absolute Gasteiger partial charge is 0.331 e. The Morgan fingerprint density at radius 1 is 1.00 bits per heavy atom. The molecule has 3 nitrogen and oxygen atoms in total. The number of hydrogen-bond acceptors (Lipinski definition) is 2. The molecule has 142 valence electrons. The van der Waals surface area contributed by atoms with Crippen molar-refractivity contribution in [2.75, 3.05) is 5.32 Å². The summed E-state index contributed by atoms with van der Waals surface area (Å²) in [5.74, 6) is -0.0807. The average molecular weight is 389 g/mol. The van der Waals surface area contributed by atoms with Crippen molar-refractivity contribution >= 4 is 33.1 Å². The van der Waals surface area contributed by atoms with Gasteiger partial charge in [0.15, 0.2) is 0 Å². The van der Waals surface area contributed by atoms with Crippen LogP contribution in [0.15, 0.2) is 72.1 Å². The Bertz CT molecular complexity index is 1100. The van der Waals surface area contributed by atoms with Gasteiger partial charge in [0.25, 0.3) is 5.91 Å². The van der Waals surface area contributed by atoms with Crippen LogP contribution in [0, 0.1) is 0 Å². The lowest BCUT2D eigenvalue weighted by molar-refractivity contribution is 0.101. The molecule has 1 N–H and O–H groups in total. The number of anilines is 1. The van der Waals surface area contributed by atoms with Crippen LogP contribution in [0.1, 0.15) is 42.4 Å². The highest BCUT2D eigenvalue weighted by Gasteiger charge is 2.18. The Morgan fingerprint density at radius 2 is 1.71 bits per heavy atom. The van der Waals surface area contributed by atoms with Crippen LogP contribution in [0.2, 0.25) is 0 Å². The van der Waals surface area contributed by atoms with E-state index in [0.29, 0.717) is 12.2 Å². The van der Waals surface area contributed by atoms with Gasteiger partial charge in [0.1, 0.15) is 5.69 Å². The molecule has 0 saturated heterocycles. The summed E-state index contributed by atoms with van der Waals surface area (Å²) in [7, 11) is 0. The summed E-state index contributed by atoms with van der Waals surface area (Å²) in [5, 5.41) is 5.13. The first-order chi connectivity index (χ1) is 13.4. The monoisotopic (exact) mass is 388 g/mol. The van der Waals surface area contributed by atoms with E-state index in [-0.39, 0.29) is 11.3 Å². The molecule has 0 fully saturated rings. The molecule has 0 spiro atoms. The van der Waals surface area contributed by atoms with Gasteiger partial charge in [-0.1, -0.05) is 63.2 Å². The summed E-state index contributed by atoms with van der Waals surface area (Å²) >= 11 is 1.66. The second-order valence-corrected chi connectivity index (χ2v) is 9.00. The molecule has 0 atom stereocenters. The predicted molar refractivity (Wildman–Crippen MR) is 118 cm³/mol. The fourth-order valence-corrected chi connectivity index (χ4v) is 4.17. The molecule has 0 radical (unpaired) electrons. The lowest BCUT2D eigenvalue weighted by Gasteiger charge is -2.19. The van der Waals surface area contributed by atoms with Gasteiger partial charge in [-0.3, -0.25) is 4.79 Å². The van der Waals surface area contributed by atoms with E-state index in [0.717, 1.165) is 15.9 Å². The molecule has 28 heavy (non-hydrogen) atoms. The van der Waals surface area contributed by atoms with E-state index < -0.39 is 0 Å². The Morgan fingerprint density at radius 3 is 2.39 bits per heavy atom. The number of fused-ring (bicyclic) bond motifs is 1. The van der Waals surface area contributed by atoms with Crippen molar-refractivity contribution in [2.24, 2.45) is 0 Å². The minimum atomic E-state index is -0.0807. The van der Waals surface area contributed by atoms with Crippen LogP contribution in [0.3, 0.4) is 0 Å². The van der Waals surface area contributed by atoms with Crippen LogP contribution in [-0.4, -0.2) is 10.5 Å². The summed E-state index contributed by atoms with van der Waals surface area (Å²) in [6.07, 6.45) is 0. The third-order valence-electron chi connectivity index (χ3n) is 4.95. The molecule has 0 aliphatic rings. The van der Waals surface area contributed by atoms with Crippen LogP contribution in [0.5, 0.6) is 0 Å². The lowest BCUT2D eigenvalue weighted by atomic mass is 9.87. The van der Waals surface area contributed by atoms with Crippen molar-refractivity contribution in [1.82, 2.24) is 4.57 Å². The molecule has 4 aromatic rings. The molecular weight excluding hydrogens is 364 g/mol. The van der Waals surface area contributed by atoms with Crippen molar-refractivity contribution in [1.29, 1.82) is 0 Å².